The smallest absolute Gasteiger partial charge is 0.247 e. The monoisotopic (exact) mass is 302 g/mol. The predicted octanol–water partition coefficient (Wildman–Crippen LogP) is 2.89. The Balaban J connectivity index is 1.98. The molecule has 3 N–H and O–H groups in total. The molecule has 1 aliphatic carbocycles. The fraction of sp³-hybridized carbons (Fsp3) is 0.312. The van der Waals surface area contributed by atoms with Crippen molar-refractivity contribution in [1.29, 1.82) is 0 Å². The van der Waals surface area contributed by atoms with Crippen molar-refractivity contribution in [2.24, 2.45) is 5.73 Å². The lowest BCUT2D eigenvalue weighted by molar-refractivity contribution is -0.123. The number of amides is 1. The third-order valence-electron chi connectivity index (χ3n) is 4.03. The molecule has 21 heavy (non-hydrogen) atoms. The SMILES string of the molecule is COc1ccc(NC2(C(N)=O)CCCc3sccc32)cc1. The van der Waals surface area contributed by atoms with E-state index in [0.717, 1.165) is 36.3 Å². The van der Waals surface area contributed by atoms with Crippen molar-refractivity contribution in [3.63, 3.8) is 0 Å². The van der Waals surface area contributed by atoms with Gasteiger partial charge in [-0.1, -0.05) is 0 Å². The summed E-state index contributed by atoms with van der Waals surface area (Å²) >= 11 is 1.69. The summed E-state index contributed by atoms with van der Waals surface area (Å²) in [5.74, 6) is 0.464. The largest absolute Gasteiger partial charge is 0.497 e. The van der Waals surface area contributed by atoms with Crippen LogP contribution < -0.4 is 15.8 Å². The zero-order valence-electron chi connectivity index (χ0n) is 11.9. The number of thiophene rings is 1. The molecular weight excluding hydrogens is 284 g/mol. The Morgan fingerprint density at radius 2 is 2.10 bits per heavy atom. The molecule has 1 aliphatic rings. The average molecular weight is 302 g/mol. The molecule has 1 heterocycles. The van der Waals surface area contributed by atoms with Crippen LogP contribution in [0.5, 0.6) is 5.75 Å². The van der Waals surface area contributed by atoms with Gasteiger partial charge in [0, 0.05) is 16.1 Å². The number of fused-ring (bicyclic) bond motifs is 1. The van der Waals surface area contributed by atoms with Crippen molar-refractivity contribution in [1.82, 2.24) is 0 Å². The van der Waals surface area contributed by atoms with Gasteiger partial charge in [-0.15, -0.1) is 11.3 Å². The van der Waals surface area contributed by atoms with Gasteiger partial charge in [0.15, 0.2) is 0 Å². The van der Waals surface area contributed by atoms with Crippen molar-refractivity contribution < 1.29 is 9.53 Å². The van der Waals surface area contributed by atoms with Crippen molar-refractivity contribution in [2.75, 3.05) is 12.4 Å². The minimum Gasteiger partial charge on any atom is -0.497 e. The number of ether oxygens (including phenoxy) is 1. The van der Waals surface area contributed by atoms with E-state index in [4.69, 9.17) is 10.5 Å². The van der Waals surface area contributed by atoms with E-state index < -0.39 is 5.54 Å². The van der Waals surface area contributed by atoms with Crippen LogP contribution in [0.1, 0.15) is 23.3 Å². The van der Waals surface area contributed by atoms with E-state index in [0.29, 0.717) is 0 Å². The molecule has 1 aromatic carbocycles. The number of aryl methyl sites for hydroxylation is 1. The van der Waals surface area contributed by atoms with Crippen molar-refractivity contribution >= 4 is 22.9 Å². The summed E-state index contributed by atoms with van der Waals surface area (Å²) in [5.41, 5.74) is 6.85. The van der Waals surface area contributed by atoms with Gasteiger partial charge >= 0.3 is 0 Å². The lowest BCUT2D eigenvalue weighted by atomic mass is 9.79. The molecule has 0 fully saturated rings. The Kier molecular flexibility index (Phi) is 3.59. The minimum absolute atomic E-state index is 0.322. The molecule has 1 atom stereocenters. The minimum atomic E-state index is -0.803. The van der Waals surface area contributed by atoms with Gasteiger partial charge in [-0.05, 0) is 55.0 Å². The van der Waals surface area contributed by atoms with Crippen LogP contribution in [0.15, 0.2) is 35.7 Å². The number of hydrogen-bond acceptors (Lipinski definition) is 4. The second kappa shape index (κ2) is 5.41. The van der Waals surface area contributed by atoms with Gasteiger partial charge in [0.2, 0.25) is 5.91 Å². The average Bonchev–Trinajstić information content (AvgIpc) is 2.97. The van der Waals surface area contributed by atoms with Gasteiger partial charge in [0.25, 0.3) is 0 Å². The molecule has 110 valence electrons. The quantitative estimate of drug-likeness (QED) is 0.912. The van der Waals surface area contributed by atoms with Gasteiger partial charge < -0.3 is 15.8 Å². The summed E-state index contributed by atoms with van der Waals surface area (Å²) in [6.45, 7) is 0. The van der Waals surface area contributed by atoms with Crippen molar-refractivity contribution in [2.45, 2.75) is 24.8 Å². The second-order valence-electron chi connectivity index (χ2n) is 5.23. The first kappa shape index (κ1) is 13.9. The van der Waals surface area contributed by atoms with E-state index in [1.165, 1.54) is 4.88 Å². The number of anilines is 1. The lowest BCUT2D eigenvalue weighted by Gasteiger charge is -2.36. The molecule has 5 heteroatoms. The van der Waals surface area contributed by atoms with Crippen LogP contribution >= 0.6 is 11.3 Å². The van der Waals surface area contributed by atoms with E-state index in [9.17, 15) is 4.79 Å². The van der Waals surface area contributed by atoms with E-state index in [-0.39, 0.29) is 5.91 Å². The van der Waals surface area contributed by atoms with E-state index in [1.54, 1.807) is 18.4 Å². The molecule has 1 unspecified atom stereocenters. The summed E-state index contributed by atoms with van der Waals surface area (Å²) in [6.07, 6.45) is 2.70. The molecule has 0 saturated heterocycles. The van der Waals surface area contributed by atoms with Crippen LogP contribution in [-0.4, -0.2) is 13.0 Å². The number of carbonyl (C=O) groups is 1. The molecular formula is C16H18N2O2S. The molecule has 0 radical (unpaired) electrons. The van der Waals surface area contributed by atoms with Gasteiger partial charge in [-0.25, -0.2) is 0 Å². The summed E-state index contributed by atoms with van der Waals surface area (Å²) in [5, 5.41) is 5.40. The Labute approximate surface area is 127 Å². The van der Waals surface area contributed by atoms with Crippen molar-refractivity contribution in [3.8, 4) is 5.75 Å². The van der Waals surface area contributed by atoms with Crippen LogP contribution in [0.4, 0.5) is 5.69 Å². The Bertz CT molecular complexity index is 651. The van der Waals surface area contributed by atoms with Gasteiger partial charge in [-0.3, -0.25) is 4.79 Å². The molecule has 3 rings (SSSR count). The Morgan fingerprint density at radius 1 is 1.33 bits per heavy atom. The van der Waals surface area contributed by atoms with E-state index >= 15 is 0 Å². The predicted molar refractivity (Wildman–Crippen MR) is 84.7 cm³/mol. The molecule has 2 aromatic rings. The number of benzene rings is 1. The number of hydrogen-bond donors (Lipinski definition) is 2. The summed E-state index contributed by atoms with van der Waals surface area (Å²) in [6, 6.07) is 9.57. The maximum Gasteiger partial charge on any atom is 0.247 e. The van der Waals surface area contributed by atoms with Crippen LogP contribution in [0.2, 0.25) is 0 Å². The summed E-state index contributed by atoms with van der Waals surface area (Å²) < 4.78 is 5.16. The highest BCUT2D eigenvalue weighted by Crippen LogP contribution is 2.40. The highest BCUT2D eigenvalue weighted by Gasteiger charge is 2.42. The fourth-order valence-electron chi connectivity index (χ4n) is 2.93. The highest BCUT2D eigenvalue weighted by atomic mass is 32.1. The van der Waals surface area contributed by atoms with Crippen LogP contribution in [0.3, 0.4) is 0 Å². The number of primary amides is 1. The molecule has 1 aromatic heterocycles. The lowest BCUT2D eigenvalue weighted by Crippen LogP contribution is -2.49. The first-order chi connectivity index (χ1) is 10.2. The zero-order valence-corrected chi connectivity index (χ0v) is 12.7. The molecule has 4 nitrogen and oxygen atoms in total. The second-order valence-corrected chi connectivity index (χ2v) is 6.23. The standard InChI is InChI=1S/C16H18N2O2S/c1-20-12-6-4-11(5-7-12)18-16(15(17)19)9-2-3-14-13(16)8-10-21-14/h4-8,10,18H,2-3,9H2,1H3,(H2,17,19). The maximum atomic E-state index is 12.2. The van der Waals surface area contributed by atoms with Crippen LogP contribution in [-0.2, 0) is 16.8 Å². The topological polar surface area (TPSA) is 64.3 Å². The van der Waals surface area contributed by atoms with E-state index in [1.807, 2.05) is 35.7 Å². The summed E-state index contributed by atoms with van der Waals surface area (Å²) in [4.78, 5) is 13.5. The summed E-state index contributed by atoms with van der Waals surface area (Å²) in [7, 11) is 1.63. The molecule has 1 amide bonds. The Hall–Kier alpha value is -2.01. The first-order valence-electron chi connectivity index (χ1n) is 6.95. The van der Waals surface area contributed by atoms with Gasteiger partial charge in [-0.2, -0.15) is 0 Å². The fourth-order valence-corrected chi connectivity index (χ4v) is 3.93. The molecule has 0 spiro atoms. The number of rotatable bonds is 4. The number of nitrogens with one attached hydrogen (secondary N) is 1. The zero-order chi connectivity index (χ0) is 14.9. The molecule has 0 saturated carbocycles. The number of nitrogens with two attached hydrogens (primary N) is 1. The third-order valence-corrected chi connectivity index (χ3v) is 5.01. The van der Waals surface area contributed by atoms with Crippen LogP contribution in [0.25, 0.3) is 0 Å². The Morgan fingerprint density at radius 3 is 2.76 bits per heavy atom. The van der Waals surface area contributed by atoms with E-state index in [2.05, 4.69) is 5.32 Å². The van der Waals surface area contributed by atoms with Gasteiger partial charge in [0.1, 0.15) is 11.3 Å². The van der Waals surface area contributed by atoms with Crippen LogP contribution in [0, 0.1) is 0 Å². The normalized spacial score (nSPS) is 20.6. The highest BCUT2D eigenvalue weighted by molar-refractivity contribution is 7.10. The third kappa shape index (κ3) is 2.38. The maximum absolute atomic E-state index is 12.2. The first-order valence-corrected chi connectivity index (χ1v) is 7.83. The molecule has 0 aliphatic heterocycles. The number of carbonyl (C=O) groups excluding carboxylic acids is 1. The van der Waals surface area contributed by atoms with Crippen molar-refractivity contribution in [3.05, 3.63) is 46.2 Å². The molecule has 0 bridgehead atoms. The van der Waals surface area contributed by atoms with Gasteiger partial charge in [0.05, 0.1) is 7.11 Å². The number of methoxy groups -OCH3 is 1.